The number of halogens is 1. The summed E-state index contributed by atoms with van der Waals surface area (Å²) in [6, 6.07) is 9.80. The van der Waals surface area contributed by atoms with Crippen LogP contribution in [-0.4, -0.2) is 92.1 Å². The fraction of sp³-hybridized carbons (Fsp3) is 0.619. The van der Waals surface area contributed by atoms with Crippen LogP contribution in [0.2, 0.25) is 0 Å². The van der Waals surface area contributed by atoms with Crippen LogP contribution >= 0.6 is 24.0 Å². The van der Waals surface area contributed by atoms with Gasteiger partial charge in [0.2, 0.25) is 5.91 Å². The van der Waals surface area contributed by atoms with Gasteiger partial charge in [0.05, 0.1) is 12.6 Å². The van der Waals surface area contributed by atoms with Crippen LogP contribution < -0.4 is 10.1 Å². The lowest BCUT2D eigenvalue weighted by Gasteiger charge is -2.39. The number of likely N-dealkylation sites (tertiary alicyclic amines) is 1. The first-order valence-corrected chi connectivity index (χ1v) is 10.4. The molecule has 2 aliphatic rings. The van der Waals surface area contributed by atoms with Gasteiger partial charge in [0.15, 0.2) is 5.96 Å². The summed E-state index contributed by atoms with van der Waals surface area (Å²) in [4.78, 5) is 23.6. The summed E-state index contributed by atoms with van der Waals surface area (Å²) in [5, 5.41) is 3.38. The standard InChI is InChI=1S/C21H33N5O2.HI/c1-18(20(27)25-11-6-7-12-25)24-13-15-26(16-14-24)21(22-2)23-10-17-28-19-8-4-3-5-9-19;/h3-5,8-9,18H,6-7,10-17H2,1-2H3,(H,22,23);1H. The number of amides is 1. The molecule has 1 aromatic rings. The van der Waals surface area contributed by atoms with E-state index >= 15 is 0 Å². The molecule has 2 fully saturated rings. The average Bonchev–Trinajstić information content (AvgIpc) is 3.29. The maximum Gasteiger partial charge on any atom is 0.239 e. The van der Waals surface area contributed by atoms with Crippen molar-refractivity contribution in [3.63, 3.8) is 0 Å². The molecule has 2 saturated heterocycles. The van der Waals surface area contributed by atoms with Gasteiger partial charge in [-0.15, -0.1) is 24.0 Å². The number of carbonyl (C=O) groups excluding carboxylic acids is 1. The SMILES string of the molecule is CN=C(NCCOc1ccccc1)N1CCN(C(C)C(=O)N2CCCC2)CC1.I. The zero-order valence-corrected chi connectivity index (χ0v) is 19.9. The van der Waals surface area contributed by atoms with E-state index < -0.39 is 0 Å². The van der Waals surface area contributed by atoms with Gasteiger partial charge in [-0.1, -0.05) is 18.2 Å². The van der Waals surface area contributed by atoms with Crippen LogP contribution in [0, 0.1) is 0 Å². The molecule has 2 heterocycles. The number of rotatable bonds is 6. The number of nitrogens with zero attached hydrogens (tertiary/aromatic N) is 4. The number of carbonyl (C=O) groups is 1. The summed E-state index contributed by atoms with van der Waals surface area (Å²) < 4.78 is 5.73. The topological polar surface area (TPSA) is 60.4 Å². The number of piperazine rings is 1. The number of hydrogen-bond donors (Lipinski definition) is 1. The second-order valence-corrected chi connectivity index (χ2v) is 7.37. The van der Waals surface area contributed by atoms with E-state index in [0.717, 1.165) is 63.8 Å². The molecule has 1 aromatic carbocycles. The summed E-state index contributed by atoms with van der Waals surface area (Å²) >= 11 is 0. The number of ether oxygens (including phenoxy) is 1. The number of guanidine groups is 1. The predicted molar refractivity (Wildman–Crippen MR) is 127 cm³/mol. The van der Waals surface area contributed by atoms with Crippen molar-refractivity contribution in [2.45, 2.75) is 25.8 Å². The molecule has 0 radical (unpaired) electrons. The Bertz CT molecular complexity index is 644. The zero-order chi connectivity index (χ0) is 19.8. The molecule has 162 valence electrons. The molecule has 8 heteroatoms. The van der Waals surface area contributed by atoms with Gasteiger partial charge < -0.3 is 19.9 Å². The Hall–Kier alpha value is -1.55. The Morgan fingerprint density at radius 2 is 1.72 bits per heavy atom. The number of para-hydroxylation sites is 1. The molecule has 7 nitrogen and oxygen atoms in total. The molecule has 0 bridgehead atoms. The summed E-state index contributed by atoms with van der Waals surface area (Å²) in [6.07, 6.45) is 2.28. The van der Waals surface area contributed by atoms with E-state index in [1.165, 1.54) is 0 Å². The molecular formula is C21H34IN5O2. The molecule has 2 aliphatic heterocycles. The van der Waals surface area contributed by atoms with Gasteiger partial charge in [-0.2, -0.15) is 0 Å². The van der Waals surface area contributed by atoms with Crippen LogP contribution in [0.15, 0.2) is 35.3 Å². The Morgan fingerprint density at radius 1 is 1.07 bits per heavy atom. The molecule has 1 unspecified atom stereocenters. The fourth-order valence-corrected chi connectivity index (χ4v) is 3.86. The number of aliphatic imine (C=N–C) groups is 1. The van der Waals surface area contributed by atoms with Crippen molar-refractivity contribution >= 4 is 35.8 Å². The molecule has 29 heavy (non-hydrogen) atoms. The maximum absolute atomic E-state index is 12.6. The van der Waals surface area contributed by atoms with Crippen molar-refractivity contribution in [2.75, 3.05) is 59.5 Å². The monoisotopic (exact) mass is 515 g/mol. The third-order valence-electron chi connectivity index (χ3n) is 5.55. The van der Waals surface area contributed by atoms with E-state index in [0.29, 0.717) is 13.2 Å². The Morgan fingerprint density at radius 3 is 2.34 bits per heavy atom. The summed E-state index contributed by atoms with van der Waals surface area (Å²) in [6.45, 7) is 8.67. The molecule has 0 saturated carbocycles. The molecule has 3 rings (SSSR count). The molecule has 1 N–H and O–H groups in total. The smallest absolute Gasteiger partial charge is 0.239 e. The minimum absolute atomic E-state index is 0. The highest BCUT2D eigenvalue weighted by atomic mass is 127. The minimum atomic E-state index is -0.0329. The maximum atomic E-state index is 12.6. The van der Waals surface area contributed by atoms with E-state index in [2.05, 4.69) is 20.1 Å². The molecule has 0 spiro atoms. The molecule has 0 aliphatic carbocycles. The van der Waals surface area contributed by atoms with Crippen LogP contribution in [0.3, 0.4) is 0 Å². The lowest BCUT2D eigenvalue weighted by Crippen LogP contribution is -2.57. The van der Waals surface area contributed by atoms with Crippen LogP contribution in [-0.2, 0) is 4.79 Å². The lowest BCUT2D eigenvalue weighted by molar-refractivity contribution is -0.135. The summed E-state index contributed by atoms with van der Waals surface area (Å²) in [5.41, 5.74) is 0. The van der Waals surface area contributed by atoms with Crippen molar-refractivity contribution in [1.29, 1.82) is 0 Å². The summed E-state index contributed by atoms with van der Waals surface area (Å²) in [7, 11) is 1.81. The quantitative estimate of drug-likeness (QED) is 0.272. The van der Waals surface area contributed by atoms with Gasteiger partial charge in [0.25, 0.3) is 0 Å². The first-order chi connectivity index (χ1) is 13.7. The van der Waals surface area contributed by atoms with Gasteiger partial charge in [-0.3, -0.25) is 14.7 Å². The third-order valence-corrected chi connectivity index (χ3v) is 5.55. The highest BCUT2D eigenvalue weighted by molar-refractivity contribution is 14.0. The van der Waals surface area contributed by atoms with Crippen molar-refractivity contribution in [1.82, 2.24) is 20.0 Å². The van der Waals surface area contributed by atoms with Crippen LogP contribution in [0.1, 0.15) is 19.8 Å². The van der Waals surface area contributed by atoms with Gasteiger partial charge in [-0.05, 0) is 31.9 Å². The van der Waals surface area contributed by atoms with Crippen LogP contribution in [0.25, 0.3) is 0 Å². The van der Waals surface area contributed by atoms with Gasteiger partial charge in [-0.25, -0.2) is 0 Å². The second kappa shape index (κ2) is 12.2. The first kappa shape index (κ1) is 23.7. The molecule has 1 atom stereocenters. The molecular weight excluding hydrogens is 481 g/mol. The van der Waals surface area contributed by atoms with Crippen molar-refractivity contribution in [3.05, 3.63) is 30.3 Å². The van der Waals surface area contributed by atoms with Crippen LogP contribution in [0.5, 0.6) is 5.75 Å². The van der Waals surface area contributed by atoms with Crippen molar-refractivity contribution in [2.24, 2.45) is 4.99 Å². The van der Waals surface area contributed by atoms with Crippen molar-refractivity contribution in [3.8, 4) is 5.75 Å². The number of nitrogens with one attached hydrogen (secondary N) is 1. The van der Waals surface area contributed by atoms with Crippen LogP contribution in [0.4, 0.5) is 0 Å². The van der Waals surface area contributed by atoms with E-state index in [1.807, 2.05) is 49.2 Å². The first-order valence-electron chi connectivity index (χ1n) is 10.4. The van der Waals surface area contributed by atoms with E-state index in [1.54, 1.807) is 0 Å². The highest BCUT2D eigenvalue weighted by Crippen LogP contribution is 2.14. The van der Waals surface area contributed by atoms with Crippen molar-refractivity contribution < 1.29 is 9.53 Å². The number of hydrogen-bond acceptors (Lipinski definition) is 4. The average molecular weight is 515 g/mol. The minimum Gasteiger partial charge on any atom is -0.492 e. The van der Waals surface area contributed by atoms with Gasteiger partial charge >= 0.3 is 0 Å². The third kappa shape index (κ3) is 6.74. The zero-order valence-electron chi connectivity index (χ0n) is 17.5. The van der Waals surface area contributed by atoms with Gasteiger partial charge in [0.1, 0.15) is 12.4 Å². The molecule has 1 amide bonds. The normalized spacial score (nSPS) is 18.9. The fourth-order valence-electron chi connectivity index (χ4n) is 3.86. The Balaban J connectivity index is 0.00000300. The highest BCUT2D eigenvalue weighted by Gasteiger charge is 2.30. The number of benzene rings is 1. The van der Waals surface area contributed by atoms with E-state index in [9.17, 15) is 4.79 Å². The summed E-state index contributed by atoms with van der Waals surface area (Å²) in [5.74, 6) is 2.06. The van der Waals surface area contributed by atoms with E-state index in [4.69, 9.17) is 4.74 Å². The lowest BCUT2D eigenvalue weighted by atomic mass is 10.2. The second-order valence-electron chi connectivity index (χ2n) is 7.37. The van der Waals surface area contributed by atoms with Gasteiger partial charge in [0, 0.05) is 46.3 Å². The molecule has 0 aromatic heterocycles. The predicted octanol–water partition coefficient (Wildman–Crippen LogP) is 1.89. The largest absolute Gasteiger partial charge is 0.492 e. The van der Waals surface area contributed by atoms with E-state index in [-0.39, 0.29) is 35.9 Å². The Kier molecular flexibility index (Phi) is 9.99. The Labute approximate surface area is 191 Å².